The van der Waals surface area contributed by atoms with Crippen LogP contribution in [0.5, 0.6) is 0 Å². The van der Waals surface area contributed by atoms with Gasteiger partial charge in [-0.15, -0.1) is 5.10 Å². The highest BCUT2D eigenvalue weighted by atomic mass is 16.3. The zero-order chi connectivity index (χ0) is 13.2. The van der Waals surface area contributed by atoms with Gasteiger partial charge in [-0.1, -0.05) is 49.4 Å². The van der Waals surface area contributed by atoms with Gasteiger partial charge in [-0.3, -0.25) is 4.68 Å². The maximum absolute atomic E-state index is 10.4. The van der Waals surface area contributed by atoms with Gasteiger partial charge in [-0.2, -0.15) is 0 Å². The Morgan fingerprint density at radius 1 is 1.28 bits per heavy atom. The Balaban J connectivity index is 2.15. The Kier molecular flexibility index (Phi) is 3.48. The van der Waals surface area contributed by atoms with E-state index in [0.29, 0.717) is 6.42 Å². The van der Waals surface area contributed by atoms with E-state index in [1.165, 1.54) is 0 Å². The molecule has 0 spiro atoms. The molecule has 1 aromatic heterocycles. The second kappa shape index (κ2) is 4.90. The van der Waals surface area contributed by atoms with E-state index in [0.717, 1.165) is 11.3 Å². The van der Waals surface area contributed by atoms with Gasteiger partial charge >= 0.3 is 0 Å². The molecule has 1 unspecified atom stereocenters. The zero-order valence-corrected chi connectivity index (χ0v) is 11.0. The number of aliphatic hydroxyl groups is 1. The van der Waals surface area contributed by atoms with Crippen LogP contribution in [-0.4, -0.2) is 26.2 Å². The van der Waals surface area contributed by atoms with Gasteiger partial charge in [0.2, 0.25) is 0 Å². The molecular formula is C14H19N3O. The zero-order valence-electron chi connectivity index (χ0n) is 11.0. The van der Waals surface area contributed by atoms with Crippen LogP contribution in [0, 0.1) is 0 Å². The van der Waals surface area contributed by atoms with Gasteiger partial charge in [0.1, 0.15) is 0 Å². The van der Waals surface area contributed by atoms with Crippen LogP contribution in [0.25, 0.3) is 0 Å². The average Bonchev–Trinajstić information content (AvgIpc) is 2.76. The second-order valence-electron chi connectivity index (χ2n) is 5.19. The normalized spacial score (nSPS) is 13.6. The van der Waals surface area contributed by atoms with Gasteiger partial charge < -0.3 is 5.11 Å². The molecular weight excluding hydrogens is 226 g/mol. The van der Waals surface area contributed by atoms with Crippen LogP contribution in [0.15, 0.2) is 36.5 Å². The number of aryl methyl sites for hydroxylation is 1. The summed E-state index contributed by atoms with van der Waals surface area (Å²) >= 11 is 0. The smallest absolute Gasteiger partial charge is 0.0853 e. The number of hydrogen-bond donors (Lipinski definition) is 1. The number of nitrogens with zero attached hydrogens (tertiary/aromatic N) is 3. The molecule has 1 N–H and O–H groups in total. The van der Waals surface area contributed by atoms with Crippen LogP contribution in [0.2, 0.25) is 0 Å². The molecule has 2 rings (SSSR count). The summed E-state index contributed by atoms with van der Waals surface area (Å²) in [6, 6.07) is 10.0. The molecule has 2 aromatic rings. The Labute approximate surface area is 107 Å². The molecule has 0 radical (unpaired) electrons. The maximum atomic E-state index is 10.4. The highest BCUT2D eigenvalue weighted by Crippen LogP contribution is 2.28. The van der Waals surface area contributed by atoms with Crippen molar-refractivity contribution in [3.63, 3.8) is 0 Å². The van der Waals surface area contributed by atoms with Crippen molar-refractivity contribution in [3.8, 4) is 0 Å². The Morgan fingerprint density at radius 3 is 2.50 bits per heavy atom. The highest BCUT2D eigenvalue weighted by molar-refractivity contribution is 5.25. The quantitative estimate of drug-likeness (QED) is 0.892. The van der Waals surface area contributed by atoms with Crippen molar-refractivity contribution in [2.45, 2.75) is 31.8 Å². The molecule has 0 amide bonds. The third-order valence-electron chi connectivity index (χ3n) is 3.40. The minimum Gasteiger partial charge on any atom is -0.392 e. The topological polar surface area (TPSA) is 50.9 Å². The lowest BCUT2D eigenvalue weighted by Crippen LogP contribution is -2.35. The molecule has 18 heavy (non-hydrogen) atoms. The van der Waals surface area contributed by atoms with E-state index in [9.17, 15) is 5.11 Å². The summed E-state index contributed by atoms with van der Waals surface area (Å²) in [6.07, 6.45) is 1.86. The summed E-state index contributed by atoms with van der Waals surface area (Å²) in [5.41, 5.74) is 1.63. The molecule has 0 bridgehead atoms. The summed E-state index contributed by atoms with van der Waals surface area (Å²) < 4.78 is 1.65. The van der Waals surface area contributed by atoms with E-state index < -0.39 is 6.10 Å². The lowest BCUT2D eigenvalue weighted by Gasteiger charge is -2.30. The van der Waals surface area contributed by atoms with Crippen molar-refractivity contribution in [1.82, 2.24) is 15.0 Å². The van der Waals surface area contributed by atoms with Crippen LogP contribution >= 0.6 is 0 Å². The van der Waals surface area contributed by atoms with Crippen LogP contribution in [0.3, 0.4) is 0 Å². The second-order valence-corrected chi connectivity index (χ2v) is 5.19. The van der Waals surface area contributed by atoms with E-state index in [-0.39, 0.29) is 5.41 Å². The van der Waals surface area contributed by atoms with Crippen LogP contribution in [0.4, 0.5) is 0 Å². The van der Waals surface area contributed by atoms with Gasteiger partial charge in [0.15, 0.2) is 0 Å². The standard InChI is InChI=1S/C14H19N3O/c1-14(2,11-7-5-4-6-8-11)13(18)9-12-10-17(3)16-15-12/h4-8,10,13,18H,9H2,1-3H3. The summed E-state index contributed by atoms with van der Waals surface area (Å²) in [4.78, 5) is 0. The lowest BCUT2D eigenvalue weighted by atomic mass is 9.78. The minimum absolute atomic E-state index is 0.307. The van der Waals surface area contributed by atoms with E-state index in [1.54, 1.807) is 4.68 Å². The van der Waals surface area contributed by atoms with E-state index in [4.69, 9.17) is 0 Å². The Hall–Kier alpha value is -1.68. The third kappa shape index (κ3) is 2.59. The maximum Gasteiger partial charge on any atom is 0.0853 e. The van der Waals surface area contributed by atoms with Crippen molar-refractivity contribution in [1.29, 1.82) is 0 Å². The van der Waals surface area contributed by atoms with E-state index >= 15 is 0 Å². The average molecular weight is 245 g/mol. The molecule has 96 valence electrons. The molecule has 4 heteroatoms. The highest BCUT2D eigenvalue weighted by Gasteiger charge is 2.30. The molecule has 1 aromatic carbocycles. The summed E-state index contributed by atoms with van der Waals surface area (Å²) in [7, 11) is 1.82. The fraction of sp³-hybridized carbons (Fsp3) is 0.429. The first-order valence-electron chi connectivity index (χ1n) is 6.09. The predicted molar refractivity (Wildman–Crippen MR) is 70.2 cm³/mol. The van der Waals surface area contributed by atoms with Crippen molar-refractivity contribution in [3.05, 3.63) is 47.8 Å². The van der Waals surface area contributed by atoms with Crippen molar-refractivity contribution < 1.29 is 5.11 Å². The van der Waals surface area contributed by atoms with E-state index in [2.05, 4.69) is 10.3 Å². The molecule has 0 fully saturated rings. The predicted octanol–water partition coefficient (Wildman–Crippen LogP) is 1.70. The van der Waals surface area contributed by atoms with Gasteiger partial charge in [-0.25, -0.2) is 0 Å². The monoisotopic (exact) mass is 245 g/mol. The number of rotatable bonds is 4. The molecule has 4 nitrogen and oxygen atoms in total. The van der Waals surface area contributed by atoms with Crippen molar-refractivity contribution in [2.75, 3.05) is 0 Å². The summed E-state index contributed by atoms with van der Waals surface area (Å²) in [6.45, 7) is 4.09. The number of hydrogen-bond acceptors (Lipinski definition) is 3. The fourth-order valence-corrected chi connectivity index (χ4v) is 2.00. The van der Waals surface area contributed by atoms with Crippen LogP contribution in [-0.2, 0) is 18.9 Å². The fourth-order valence-electron chi connectivity index (χ4n) is 2.00. The SMILES string of the molecule is Cn1cc(CC(O)C(C)(C)c2ccccc2)nn1. The lowest BCUT2D eigenvalue weighted by molar-refractivity contribution is 0.0990. The van der Waals surface area contributed by atoms with Gasteiger partial charge in [0.25, 0.3) is 0 Å². The Bertz CT molecular complexity index is 505. The first kappa shape index (κ1) is 12.8. The summed E-state index contributed by atoms with van der Waals surface area (Å²) in [5, 5.41) is 18.3. The first-order valence-corrected chi connectivity index (χ1v) is 6.09. The largest absolute Gasteiger partial charge is 0.392 e. The van der Waals surface area contributed by atoms with E-state index in [1.807, 2.05) is 57.4 Å². The molecule has 0 aliphatic rings. The Morgan fingerprint density at radius 2 is 1.94 bits per heavy atom. The number of aliphatic hydroxyl groups excluding tert-OH is 1. The van der Waals surface area contributed by atoms with Crippen LogP contribution < -0.4 is 0 Å². The first-order chi connectivity index (χ1) is 8.50. The molecule has 0 aliphatic carbocycles. The van der Waals surface area contributed by atoms with Crippen molar-refractivity contribution >= 4 is 0 Å². The van der Waals surface area contributed by atoms with Crippen LogP contribution in [0.1, 0.15) is 25.1 Å². The molecule has 0 aliphatic heterocycles. The van der Waals surface area contributed by atoms with Gasteiger partial charge in [-0.05, 0) is 5.56 Å². The molecule has 1 atom stereocenters. The number of benzene rings is 1. The minimum atomic E-state index is -0.489. The van der Waals surface area contributed by atoms with Gasteiger partial charge in [0, 0.05) is 25.1 Å². The summed E-state index contributed by atoms with van der Waals surface area (Å²) in [5.74, 6) is 0. The number of aromatic nitrogens is 3. The molecule has 1 heterocycles. The van der Waals surface area contributed by atoms with Crippen molar-refractivity contribution in [2.24, 2.45) is 7.05 Å². The molecule has 0 saturated carbocycles. The third-order valence-corrected chi connectivity index (χ3v) is 3.40. The van der Waals surface area contributed by atoms with Gasteiger partial charge in [0.05, 0.1) is 11.8 Å². The molecule has 0 saturated heterocycles.